The molecule has 0 radical (unpaired) electrons. The Kier molecular flexibility index (Phi) is 4.97. The number of aliphatic hydroxyl groups excluding tert-OH is 1. The molecular weight excluding hydrogens is 202 g/mol. The molecule has 3 heteroatoms. The van der Waals surface area contributed by atoms with Gasteiger partial charge in [0.15, 0.2) is 6.10 Å². The summed E-state index contributed by atoms with van der Waals surface area (Å²) in [6.45, 7) is 4.44. The van der Waals surface area contributed by atoms with Crippen LogP contribution in [-0.2, 0) is 4.74 Å². The molecule has 0 fully saturated rings. The highest BCUT2D eigenvalue weighted by atomic mass is 16.5. The smallest absolute Gasteiger partial charge is 0.169 e. The molecule has 1 aromatic rings. The highest BCUT2D eigenvalue weighted by Gasteiger charge is 2.15. The number of hydrogen-bond donors (Lipinski definition) is 1. The second kappa shape index (κ2) is 6.26. The molecular formula is C13H17NO2. The van der Waals surface area contributed by atoms with Crippen molar-refractivity contribution < 1.29 is 9.84 Å². The molecule has 0 aliphatic heterocycles. The maximum Gasteiger partial charge on any atom is 0.169 e. The van der Waals surface area contributed by atoms with Crippen molar-refractivity contribution in [2.75, 3.05) is 13.2 Å². The number of hydrogen-bond acceptors (Lipinski definition) is 3. The molecule has 1 rings (SSSR count). The number of benzene rings is 1. The zero-order valence-corrected chi connectivity index (χ0v) is 9.73. The predicted octanol–water partition coefficient (Wildman–Crippen LogP) is 2.27. The van der Waals surface area contributed by atoms with Crippen molar-refractivity contribution >= 4 is 0 Å². The predicted molar refractivity (Wildman–Crippen MR) is 61.9 cm³/mol. The summed E-state index contributed by atoms with van der Waals surface area (Å²) in [5, 5.41) is 17.8. The van der Waals surface area contributed by atoms with Gasteiger partial charge in [0.25, 0.3) is 0 Å². The fourth-order valence-electron chi connectivity index (χ4n) is 1.69. The molecule has 0 bridgehead atoms. The van der Waals surface area contributed by atoms with Crippen LogP contribution in [0.5, 0.6) is 0 Å². The van der Waals surface area contributed by atoms with Crippen LogP contribution in [0.15, 0.2) is 18.2 Å². The highest BCUT2D eigenvalue weighted by molar-refractivity contribution is 5.37. The number of nitrogens with zero attached hydrogens (tertiary/aromatic N) is 1. The van der Waals surface area contributed by atoms with Crippen LogP contribution in [0.25, 0.3) is 0 Å². The first-order valence-corrected chi connectivity index (χ1v) is 5.39. The second-order valence-corrected chi connectivity index (χ2v) is 3.76. The van der Waals surface area contributed by atoms with Gasteiger partial charge in [0.1, 0.15) is 0 Å². The van der Waals surface area contributed by atoms with E-state index in [-0.39, 0.29) is 6.61 Å². The lowest BCUT2D eigenvalue weighted by Crippen LogP contribution is -2.08. The number of aryl methyl sites for hydroxylation is 2. The Morgan fingerprint density at radius 3 is 2.50 bits per heavy atom. The molecule has 1 unspecified atom stereocenters. The van der Waals surface area contributed by atoms with Crippen LogP contribution < -0.4 is 0 Å². The fourth-order valence-corrected chi connectivity index (χ4v) is 1.69. The van der Waals surface area contributed by atoms with Crippen molar-refractivity contribution in [3.63, 3.8) is 0 Å². The van der Waals surface area contributed by atoms with E-state index in [0.717, 1.165) is 16.7 Å². The molecule has 1 aromatic carbocycles. The Morgan fingerprint density at radius 1 is 1.38 bits per heavy atom. The molecule has 0 aliphatic rings. The minimum absolute atomic E-state index is 0.0882. The first-order chi connectivity index (χ1) is 7.70. The normalized spacial score (nSPS) is 12.1. The Hall–Kier alpha value is -1.37. The standard InChI is InChI=1S/C13H17NO2/c1-10-5-3-6-11(2)13(10)12(9-14)16-8-4-7-15/h3,5-6,12,15H,4,7-8H2,1-2H3. The van der Waals surface area contributed by atoms with Gasteiger partial charge in [-0.1, -0.05) is 18.2 Å². The summed E-state index contributed by atoms with van der Waals surface area (Å²) in [4.78, 5) is 0. The molecule has 0 heterocycles. The van der Waals surface area contributed by atoms with Gasteiger partial charge in [-0.05, 0) is 31.4 Å². The summed E-state index contributed by atoms with van der Waals surface area (Å²) in [5.41, 5.74) is 3.08. The molecule has 1 atom stereocenters. The topological polar surface area (TPSA) is 53.2 Å². The van der Waals surface area contributed by atoms with E-state index >= 15 is 0 Å². The summed E-state index contributed by atoms with van der Waals surface area (Å²) in [6, 6.07) is 8.07. The van der Waals surface area contributed by atoms with Crippen molar-refractivity contribution in [3.8, 4) is 6.07 Å². The van der Waals surface area contributed by atoms with Gasteiger partial charge >= 0.3 is 0 Å². The van der Waals surface area contributed by atoms with Gasteiger partial charge in [-0.2, -0.15) is 5.26 Å². The van der Waals surface area contributed by atoms with Crippen LogP contribution in [0.2, 0.25) is 0 Å². The van der Waals surface area contributed by atoms with Gasteiger partial charge in [-0.25, -0.2) is 0 Å². The molecule has 16 heavy (non-hydrogen) atoms. The van der Waals surface area contributed by atoms with E-state index in [2.05, 4.69) is 6.07 Å². The number of ether oxygens (including phenoxy) is 1. The van der Waals surface area contributed by atoms with Gasteiger partial charge in [0.2, 0.25) is 0 Å². The van der Waals surface area contributed by atoms with Gasteiger partial charge in [-0.3, -0.25) is 0 Å². The first-order valence-electron chi connectivity index (χ1n) is 5.39. The van der Waals surface area contributed by atoms with Crippen LogP contribution in [0.3, 0.4) is 0 Å². The van der Waals surface area contributed by atoms with Gasteiger partial charge in [0.05, 0.1) is 12.7 Å². The van der Waals surface area contributed by atoms with Gasteiger partial charge in [-0.15, -0.1) is 0 Å². The van der Waals surface area contributed by atoms with Crippen molar-refractivity contribution in [2.45, 2.75) is 26.4 Å². The lowest BCUT2D eigenvalue weighted by molar-refractivity contribution is 0.0767. The minimum Gasteiger partial charge on any atom is -0.396 e. The van der Waals surface area contributed by atoms with E-state index in [0.29, 0.717) is 13.0 Å². The molecule has 0 aliphatic carbocycles. The summed E-state index contributed by atoms with van der Waals surface area (Å²) >= 11 is 0. The second-order valence-electron chi connectivity index (χ2n) is 3.76. The Bertz CT molecular complexity index is 362. The zero-order chi connectivity index (χ0) is 12.0. The van der Waals surface area contributed by atoms with Gasteiger partial charge in [0, 0.05) is 12.2 Å². The van der Waals surface area contributed by atoms with E-state index in [1.54, 1.807) is 0 Å². The molecule has 0 spiro atoms. The first kappa shape index (κ1) is 12.7. The third kappa shape index (κ3) is 3.06. The van der Waals surface area contributed by atoms with Gasteiger partial charge < -0.3 is 9.84 Å². The SMILES string of the molecule is Cc1cccc(C)c1C(C#N)OCCCO. The van der Waals surface area contributed by atoms with E-state index in [9.17, 15) is 0 Å². The van der Waals surface area contributed by atoms with Crippen LogP contribution >= 0.6 is 0 Å². The quantitative estimate of drug-likeness (QED) is 0.773. The molecule has 0 amide bonds. The van der Waals surface area contributed by atoms with Crippen molar-refractivity contribution in [1.29, 1.82) is 5.26 Å². The third-order valence-corrected chi connectivity index (χ3v) is 2.51. The average Bonchev–Trinajstić information content (AvgIpc) is 2.26. The molecule has 0 saturated carbocycles. The van der Waals surface area contributed by atoms with E-state index in [4.69, 9.17) is 15.1 Å². The third-order valence-electron chi connectivity index (χ3n) is 2.51. The molecule has 0 saturated heterocycles. The van der Waals surface area contributed by atoms with E-state index in [1.165, 1.54) is 0 Å². The molecule has 1 N–H and O–H groups in total. The summed E-state index contributed by atoms with van der Waals surface area (Å²) < 4.78 is 5.46. The highest BCUT2D eigenvalue weighted by Crippen LogP contribution is 2.24. The van der Waals surface area contributed by atoms with Crippen LogP contribution in [-0.4, -0.2) is 18.3 Å². The van der Waals surface area contributed by atoms with Crippen molar-refractivity contribution in [1.82, 2.24) is 0 Å². The maximum absolute atomic E-state index is 9.09. The van der Waals surface area contributed by atoms with Crippen LogP contribution in [0, 0.1) is 25.2 Å². The fraction of sp³-hybridized carbons (Fsp3) is 0.462. The number of rotatable bonds is 5. The van der Waals surface area contributed by atoms with Crippen LogP contribution in [0.4, 0.5) is 0 Å². The number of nitriles is 1. The lowest BCUT2D eigenvalue weighted by atomic mass is 9.98. The number of aliphatic hydroxyl groups is 1. The lowest BCUT2D eigenvalue weighted by Gasteiger charge is -2.15. The largest absolute Gasteiger partial charge is 0.396 e. The molecule has 0 aromatic heterocycles. The van der Waals surface area contributed by atoms with E-state index in [1.807, 2.05) is 32.0 Å². The summed E-state index contributed by atoms with van der Waals surface area (Å²) in [6.07, 6.45) is 0.0241. The monoisotopic (exact) mass is 219 g/mol. The zero-order valence-electron chi connectivity index (χ0n) is 9.73. The summed E-state index contributed by atoms with van der Waals surface area (Å²) in [7, 11) is 0. The Labute approximate surface area is 96.3 Å². The Morgan fingerprint density at radius 2 is 2.00 bits per heavy atom. The molecule has 86 valence electrons. The Balaban J connectivity index is 2.83. The van der Waals surface area contributed by atoms with Crippen LogP contribution in [0.1, 0.15) is 29.2 Å². The maximum atomic E-state index is 9.09. The molecule has 3 nitrogen and oxygen atoms in total. The minimum atomic E-state index is -0.534. The van der Waals surface area contributed by atoms with Crippen molar-refractivity contribution in [3.05, 3.63) is 34.9 Å². The summed E-state index contributed by atoms with van der Waals surface area (Å²) in [5.74, 6) is 0. The average molecular weight is 219 g/mol. The van der Waals surface area contributed by atoms with E-state index < -0.39 is 6.10 Å². The van der Waals surface area contributed by atoms with Crippen molar-refractivity contribution in [2.24, 2.45) is 0 Å².